The van der Waals surface area contributed by atoms with Crippen molar-refractivity contribution in [2.24, 2.45) is 16.1 Å². The number of rotatable bonds is 3. The molecule has 0 bridgehead atoms. The van der Waals surface area contributed by atoms with E-state index in [4.69, 9.17) is 25.0 Å². The van der Waals surface area contributed by atoms with E-state index in [2.05, 4.69) is 12.1 Å². The summed E-state index contributed by atoms with van der Waals surface area (Å²) >= 11 is 0. The van der Waals surface area contributed by atoms with E-state index in [1.807, 2.05) is 20.0 Å². The van der Waals surface area contributed by atoms with E-state index >= 15 is 0 Å². The summed E-state index contributed by atoms with van der Waals surface area (Å²) in [6.07, 6.45) is 5.34. The molecule has 4 rings (SSSR count). The van der Waals surface area contributed by atoms with Crippen molar-refractivity contribution in [1.82, 2.24) is 5.06 Å². The Hall–Kier alpha value is -1.79. The minimum absolute atomic E-state index is 0.0788. The average Bonchev–Trinajstić information content (AvgIpc) is 3.05. The van der Waals surface area contributed by atoms with Crippen LogP contribution < -0.4 is 10.5 Å². The summed E-state index contributed by atoms with van der Waals surface area (Å²) in [5, 5.41) is 1.60. The molecule has 1 unspecified atom stereocenters. The van der Waals surface area contributed by atoms with Gasteiger partial charge in [0.1, 0.15) is 5.75 Å². The highest BCUT2D eigenvalue weighted by Gasteiger charge is 2.63. The van der Waals surface area contributed by atoms with Crippen LogP contribution >= 0.6 is 0 Å². The van der Waals surface area contributed by atoms with E-state index in [1.54, 1.807) is 12.2 Å². The van der Waals surface area contributed by atoms with Crippen LogP contribution in [0.15, 0.2) is 23.2 Å². The third-order valence-corrected chi connectivity index (χ3v) is 6.09. The Bertz CT molecular complexity index is 697. The zero-order valence-corrected chi connectivity index (χ0v) is 15.2. The van der Waals surface area contributed by atoms with Gasteiger partial charge in [0.15, 0.2) is 0 Å². The van der Waals surface area contributed by atoms with Gasteiger partial charge in [0.25, 0.3) is 0 Å². The number of benzene rings is 1. The van der Waals surface area contributed by atoms with Gasteiger partial charge in [0.2, 0.25) is 11.7 Å². The van der Waals surface area contributed by atoms with Crippen LogP contribution in [0.4, 0.5) is 0 Å². The number of aliphatic imine (C=N–C) groups is 1. The zero-order valence-electron chi connectivity index (χ0n) is 15.2. The van der Waals surface area contributed by atoms with Gasteiger partial charge in [-0.15, -0.1) is 0 Å². The van der Waals surface area contributed by atoms with Crippen LogP contribution in [0.3, 0.4) is 0 Å². The highest BCUT2D eigenvalue weighted by Crippen LogP contribution is 2.62. The molecule has 25 heavy (non-hydrogen) atoms. The fourth-order valence-electron chi connectivity index (χ4n) is 4.77. The summed E-state index contributed by atoms with van der Waals surface area (Å²) in [5.41, 5.74) is 7.69. The van der Waals surface area contributed by atoms with Crippen molar-refractivity contribution in [3.05, 3.63) is 29.3 Å². The largest absolute Gasteiger partial charge is 0.494 e. The lowest BCUT2D eigenvalue weighted by Crippen LogP contribution is -2.46. The van der Waals surface area contributed by atoms with Crippen LogP contribution in [0.1, 0.15) is 43.7 Å². The zero-order chi connectivity index (χ0) is 17.7. The van der Waals surface area contributed by atoms with Gasteiger partial charge >= 0.3 is 0 Å². The van der Waals surface area contributed by atoms with Crippen molar-refractivity contribution < 1.29 is 14.3 Å². The lowest BCUT2D eigenvalue weighted by molar-refractivity contribution is -0.232. The van der Waals surface area contributed by atoms with Gasteiger partial charge in [-0.25, -0.2) is 14.9 Å². The summed E-state index contributed by atoms with van der Waals surface area (Å²) < 4.78 is 11.3. The third kappa shape index (κ3) is 2.34. The number of hydrogen-bond acceptors (Lipinski definition) is 6. The Labute approximate surface area is 148 Å². The standard InChI is InChI=1S/C19H27N3O3/c1-4-24-15-6-5-13-12-18(9-7-14(23-3)8-10-18)19(16(13)11-15)21-17(20)22(2)25-19/h5-6,11,14H,4,7-10,12H2,1-3H3,(H2,20,21). The van der Waals surface area contributed by atoms with Crippen molar-refractivity contribution in [2.45, 2.75) is 50.9 Å². The van der Waals surface area contributed by atoms with Gasteiger partial charge in [-0.1, -0.05) is 6.07 Å². The summed E-state index contributed by atoms with van der Waals surface area (Å²) in [6, 6.07) is 6.29. The van der Waals surface area contributed by atoms with Crippen LogP contribution in [0.25, 0.3) is 0 Å². The number of guanidine groups is 1. The van der Waals surface area contributed by atoms with Crippen LogP contribution in [0.5, 0.6) is 5.75 Å². The van der Waals surface area contributed by atoms with Crippen molar-refractivity contribution in [2.75, 3.05) is 20.8 Å². The molecule has 1 aromatic carbocycles. The molecule has 136 valence electrons. The summed E-state index contributed by atoms with van der Waals surface area (Å²) in [7, 11) is 3.62. The Morgan fingerprint density at radius 3 is 2.72 bits per heavy atom. The Balaban J connectivity index is 1.79. The number of methoxy groups -OCH3 is 1. The first-order valence-corrected chi connectivity index (χ1v) is 9.11. The van der Waals surface area contributed by atoms with E-state index in [-0.39, 0.29) is 5.41 Å². The lowest BCUT2D eigenvalue weighted by atomic mass is 9.66. The third-order valence-electron chi connectivity index (χ3n) is 6.09. The maximum Gasteiger partial charge on any atom is 0.220 e. The number of ether oxygens (including phenoxy) is 2. The molecular weight excluding hydrogens is 318 g/mol. The van der Waals surface area contributed by atoms with Crippen molar-refractivity contribution >= 4 is 5.96 Å². The number of fused-ring (bicyclic) bond motifs is 3. The van der Waals surface area contributed by atoms with Crippen molar-refractivity contribution in [3.63, 3.8) is 0 Å². The van der Waals surface area contributed by atoms with E-state index in [9.17, 15) is 0 Å². The predicted octanol–water partition coefficient (Wildman–Crippen LogP) is 2.56. The maximum absolute atomic E-state index is 6.35. The molecule has 6 heteroatoms. The molecule has 0 amide bonds. The second-order valence-corrected chi connectivity index (χ2v) is 7.35. The van der Waals surface area contributed by atoms with E-state index in [0.29, 0.717) is 18.7 Å². The monoisotopic (exact) mass is 345 g/mol. The summed E-state index contributed by atoms with van der Waals surface area (Å²) in [6.45, 7) is 2.63. The van der Waals surface area contributed by atoms with E-state index in [0.717, 1.165) is 43.4 Å². The molecule has 0 radical (unpaired) electrons. The Kier molecular flexibility index (Phi) is 3.92. The SMILES string of the molecule is CCOc1ccc2c(c1)C1(N=C(N)N(C)O1)C1(CCC(OC)CC1)C2. The fraction of sp³-hybridized carbons (Fsp3) is 0.632. The van der Waals surface area contributed by atoms with Gasteiger partial charge in [0, 0.05) is 25.1 Å². The number of hydroxylamine groups is 2. The average molecular weight is 345 g/mol. The molecule has 1 aromatic rings. The minimum atomic E-state index is -0.743. The summed E-state index contributed by atoms with van der Waals surface area (Å²) in [5.74, 6) is 1.29. The molecule has 1 heterocycles. The van der Waals surface area contributed by atoms with Crippen molar-refractivity contribution in [1.29, 1.82) is 0 Å². The van der Waals surface area contributed by atoms with Crippen molar-refractivity contribution in [3.8, 4) is 5.75 Å². The molecule has 2 spiro atoms. The van der Waals surface area contributed by atoms with Gasteiger partial charge in [0.05, 0.1) is 12.7 Å². The first kappa shape index (κ1) is 16.7. The summed E-state index contributed by atoms with van der Waals surface area (Å²) in [4.78, 5) is 11.2. The Morgan fingerprint density at radius 1 is 1.36 bits per heavy atom. The van der Waals surface area contributed by atoms with Gasteiger partial charge in [-0.3, -0.25) is 0 Å². The topological polar surface area (TPSA) is 69.3 Å². The molecule has 1 fully saturated rings. The van der Waals surface area contributed by atoms with Crippen LogP contribution in [-0.2, 0) is 21.7 Å². The van der Waals surface area contributed by atoms with Crippen LogP contribution in [-0.4, -0.2) is 37.9 Å². The molecule has 0 saturated heterocycles. The van der Waals surface area contributed by atoms with Gasteiger partial charge in [-0.2, -0.15) is 0 Å². The minimum Gasteiger partial charge on any atom is -0.494 e. The van der Waals surface area contributed by atoms with E-state index < -0.39 is 5.72 Å². The second-order valence-electron chi connectivity index (χ2n) is 7.35. The molecule has 1 saturated carbocycles. The molecule has 1 atom stereocenters. The molecule has 1 aliphatic heterocycles. The maximum atomic E-state index is 6.35. The first-order chi connectivity index (χ1) is 12.0. The fourth-order valence-corrected chi connectivity index (χ4v) is 4.77. The normalized spacial score (nSPS) is 33.8. The number of nitrogens with two attached hydrogens (primary N) is 1. The predicted molar refractivity (Wildman–Crippen MR) is 95.2 cm³/mol. The molecular formula is C19H27N3O3. The molecule has 0 aromatic heterocycles. The molecule has 2 N–H and O–H groups in total. The van der Waals surface area contributed by atoms with Crippen LogP contribution in [0, 0.1) is 5.41 Å². The number of nitrogens with zero attached hydrogens (tertiary/aromatic N) is 2. The van der Waals surface area contributed by atoms with E-state index in [1.165, 1.54) is 5.56 Å². The van der Waals surface area contributed by atoms with Crippen LogP contribution in [0.2, 0.25) is 0 Å². The van der Waals surface area contributed by atoms with Gasteiger partial charge in [-0.05, 0) is 56.7 Å². The lowest BCUT2D eigenvalue weighted by Gasteiger charge is -2.45. The first-order valence-electron chi connectivity index (χ1n) is 9.11. The molecule has 3 aliphatic rings. The number of hydrogen-bond donors (Lipinski definition) is 1. The Morgan fingerprint density at radius 2 is 2.12 bits per heavy atom. The molecule has 6 nitrogen and oxygen atoms in total. The quantitative estimate of drug-likeness (QED) is 0.912. The smallest absolute Gasteiger partial charge is 0.220 e. The second kappa shape index (κ2) is 5.88. The highest BCUT2D eigenvalue weighted by molar-refractivity contribution is 5.79. The highest BCUT2D eigenvalue weighted by atomic mass is 16.7. The molecule has 2 aliphatic carbocycles. The van der Waals surface area contributed by atoms with Gasteiger partial charge < -0.3 is 15.2 Å².